The topological polar surface area (TPSA) is 12.0 Å². The summed E-state index contributed by atoms with van der Waals surface area (Å²) in [6, 6.07) is 10.00. The van der Waals surface area contributed by atoms with Crippen LogP contribution in [0.5, 0.6) is 0 Å². The zero-order chi connectivity index (χ0) is 15.0. The highest BCUT2D eigenvalue weighted by atomic mass is 15.0. The third-order valence-corrected chi connectivity index (χ3v) is 4.62. The van der Waals surface area contributed by atoms with Crippen LogP contribution >= 0.6 is 0 Å². The van der Waals surface area contributed by atoms with Crippen LogP contribution in [0, 0.1) is 17.8 Å². The van der Waals surface area contributed by atoms with Gasteiger partial charge in [0.15, 0.2) is 0 Å². The van der Waals surface area contributed by atoms with E-state index in [-0.39, 0.29) is 0 Å². The molecular weight excluding hydrogens is 242 g/mol. The molecule has 0 saturated heterocycles. The van der Waals surface area contributed by atoms with Gasteiger partial charge in [-0.15, -0.1) is 0 Å². The molecular formula is C19H31N. The van der Waals surface area contributed by atoms with E-state index < -0.39 is 0 Å². The Hall–Kier alpha value is -0.820. The lowest BCUT2D eigenvalue weighted by molar-refractivity contribution is 0.0811. The third-order valence-electron chi connectivity index (χ3n) is 4.62. The molecule has 1 heteroatoms. The predicted octanol–water partition coefficient (Wildman–Crippen LogP) is 5.25. The van der Waals surface area contributed by atoms with Gasteiger partial charge in [-0.25, -0.2) is 0 Å². The first-order chi connectivity index (χ1) is 9.17. The molecule has 1 fully saturated rings. The maximum atomic E-state index is 3.87. The molecule has 1 aliphatic carbocycles. The van der Waals surface area contributed by atoms with Crippen molar-refractivity contribution in [2.24, 2.45) is 10.8 Å². The fourth-order valence-corrected chi connectivity index (χ4v) is 4.27. The minimum Gasteiger partial charge on any atom is -0.307 e. The minimum atomic E-state index is 0.435. The lowest BCUT2D eigenvalue weighted by Gasteiger charge is -2.46. The summed E-state index contributed by atoms with van der Waals surface area (Å²) < 4.78 is 0. The Kier molecular flexibility index (Phi) is 4.30. The first kappa shape index (κ1) is 15.6. The second kappa shape index (κ2) is 5.52. The van der Waals surface area contributed by atoms with Gasteiger partial charge < -0.3 is 5.32 Å². The lowest BCUT2D eigenvalue weighted by Crippen LogP contribution is -2.44. The summed E-state index contributed by atoms with van der Waals surface area (Å²) in [5.74, 6) is 0. The zero-order valence-corrected chi connectivity index (χ0v) is 14.1. The van der Waals surface area contributed by atoms with E-state index in [2.05, 4.69) is 71.1 Å². The van der Waals surface area contributed by atoms with E-state index in [1.54, 1.807) is 0 Å². The van der Waals surface area contributed by atoms with Gasteiger partial charge >= 0.3 is 0 Å². The molecule has 1 aromatic rings. The molecule has 0 amide bonds. The van der Waals surface area contributed by atoms with Crippen molar-refractivity contribution in [2.45, 2.75) is 72.9 Å². The first-order valence-corrected chi connectivity index (χ1v) is 8.00. The Morgan fingerprint density at radius 2 is 1.50 bits per heavy atom. The highest BCUT2D eigenvalue weighted by Crippen LogP contribution is 2.46. The van der Waals surface area contributed by atoms with E-state index in [4.69, 9.17) is 0 Å². The van der Waals surface area contributed by atoms with Crippen molar-refractivity contribution in [2.75, 3.05) is 0 Å². The number of nitrogens with one attached hydrogen (secondary N) is 1. The van der Waals surface area contributed by atoms with Crippen LogP contribution in [-0.2, 0) is 0 Å². The van der Waals surface area contributed by atoms with Gasteiger partial charge in [0.1, 0.15) is 0 Å². The van der Waals surface area contributed by atoms with Gasteiger partial charge in [0.25, 0.3) is 0 Å². The standard InChI is InChI=1S/C19H31N/c1-14-7-9-16(10-8-14)15(2)20-17-11-18(3,4)13-19(5,6)12-17/h7-10,15,17,20H,11-13H2,1-6H3/t15-/m0/s1. The van der Waals surface area contributed by atoms with Crippen LogP contribution in [0.3, 0.4) is 0 Å². The van der Waals surface area contributed by atoms with Crippen molar-refractivity contribution < 1.29 is 0 Å². The Labute approximate surface area is 125 Å². The van der Waals surface area contributed by atoms with Crippen molar-refractivity contribution in [1.29, 1.82) is 0 Å². The maximum Gasteiger partial charge on any atom is 0.0294 e. The number of benzene rings is 1. The fraction of sp³-hybridized carbons (Fsp3) is 0.684. The van der Waals surface area contributed by atoms with E-state index in [9.17, 15) is 0 Å². The highest BCUT2D eigenvalue weighted by molar-refractivity contribution is 5.23. The average Bonchev–Trinajstić information content (AvgIpc) is 2.25. The molecule has 0 aliphatic heterocycles. The molecule has 1 saturated carbocycles. The van der Waals surface area contributed by atoms with E-state index in [1.807, 2.05) is 0 Å². The fourth-order valence-electron chi connectivity index (χ4n) is 4.27. The Bertz CT molecular complexity index is 425. The van der Waals surface area contributed by atoms with Crippen LogP contribution in [0.1, 0.15) is 71.0 Å². The summed E-state index contributed by atoms with van der Waals surface area (Å²) in [6.45, 7) is 14.1. The van der Waals surface area contributed by atoms with E-state index in [0.717, 1.165) is 0 Å². The molecule has 1 atom stereocenters. The SMILES string of the molecule is Cc1ccc([C@H](C)NC2CC(C)(C)CC(C)(C)C2)cc1. The predicted molar refractivity (Wildman–Crippen MR) is 87.9 cm³/mol. The minimum absolute atomic E-state index is 0.435. The highest BCUT2D eigenvalue weighted by Gasteiger charge is 2.38. The summed E-state index contributed by atoms with van der Waals surface area (Å²) in [5.41, 5.74) is 3.64. The average molecular weight is 273 g/mol. The van der Waals surface area contributed by atoms with Gasteiger partial charge in [0.05, 0.1) is 0 Å². The van der Waals surface area contributed by atoms with Crippen molar-refractivity contribution in [3.05, 3.63) is 35.4 Å². The van der Waals surface area contributed by atoms with E-state index >= 15 is 0 Å². The smallest absolute Gasteiger partial charge is 0.0294 e. The van der Waals surface area contributed by atoms with Crippen LogP contribution < -0.4 is 5.32 Å². The monoisotopic (exact) mass is 273 g/mol. The van der Waals surface area contributed by atoms with Crippen LogP contribution in [0.25, 0.3) is 0 Å². The summed E-state index contributed by atoms with van der Waals surface area (Å²) >= 11 is 0. The number of hydrogen-bond donors (Lipinski definition) is 1. The number of rotatable bonds is 3. The lowest BCUT2D eigenvalue weighted by atomic mass is 9.63. The molecule has 2 rings (SSSR count). The molecule has 1 N–H and O–H groups in total. The zero-order valence-electron chi connectivity index (χ0n) is 14.1. The molecule has 1 nitrogen and oxygen atoms in total. The van der Waals surface area contributed by atoms with Gasteiger partial charge in [-0.1, -0.05) is 57.5 Å². The van der Waals surface area contributed by atoms with Gasteiger partial charge in [0, 0.05) is 12.1 Å². The normalized spacial score (nSPS) is 23.5. The molecule has 112 valence electrons. The van der Waals surface area contributed by atoms with Crippen molar-refractivity contribution in [3.63, 3.8) is 0 Å². The molecule has 0 spiro atoms. The van der Waals surface area contributed by atoms with E-state index in [1.165, 1.54) is 30.4 Å². The molecule has 0 aromatic heterocycles. The number of aryl methyl sites for hydroxylation is 1. The van der Waals surface area contributed by atoms with Crippen LogP contribution in [0.15, 0.2) is 24.3 Å². The molecule has 0 radical (unpaired) electrons. The van der Waals surface area contributed by atoms with Crippen LogP contribution in [-0.4, -0.2) is 6.04 Å². The summed E-state index contributed by atoms with van der Waals surface area (Å²) in [6.07, 6.45) is 3.90. The summed E-state index contributed by atoms with van der Waals surface area (Å²) in [5, 5.41) is 3.87. The van der Waals surface area contributed by atoms with Gasteiger partial charge in [-0.2, -0.15) is 0 Å². The van der Waals surface area contributed by atoms with Crippen molar-refractivity contribution in [3.8, 4) is 0 Å². The van der Waals surface area contributed by atoms with Gasteiger partial charge in [-0.3, -0.25) is 0 Å². The second-order valence-corrected chi connectivity index (χ2v) is 8.41. The van der Waals surface area contributed by atoms with Crippen LogP contribution in [0.4, 0.5) is 0 Å². The molecule has 0 unspecified atom stereocenters. The quantitative estimate of drug-likeness (QED) is 0.793. The largest absolute Gasteiger partial charge is 0.307 e. The van der Waals surface area contributed by atoms with E-state index in [0.29, 0.717) is 22.9 Å². The Morgan fingerprint density at radius 3 is 2.00 bits per heavy atom. The third kappa shape index (κ3) is 4.09. The van der Waals surface area contributed by atoms with Gasteiger partial charge in [0.2, 0.25) is 0 Å². The molecule has 0 bridgehead atoms. The Balaban J connectivity index is 2.03. The Morgan fingerprint density at radius 1 is 1.00 bits per heavy atom. The molecule has 0 heterocycles. The maximum absolute atomic E-state index is 3.87. The number of hydrogen-bond acceptors (Lipinski definition) is 1. The first-order valence-electron chi connectivity index (χ1n) is 8.00. The van der Waals surface area contributed by atoms with Gasteiger partial charge in [-0.05, 0) is 49.5 Å². The molecule has 1 aromatic carbocycles. The second-order valence-electron chi connectivity index (χ2n) is 8.41. The van der Waals surface area contributed by atoms with Crippen molar-refractivity contribution in [1.82, 2.24) is 5.32 Å². The molecule has 20 heavy (non-hydrogen) atoms. The van der Waals surface area contributed by atoms with Crippen LogP contribution in [0.2, 0.25) is 0 Å². The summed E-state index contributed by atoms with van der Waals surface area (Å²) in [7, 11) is 0. The van der Waals surface area contributed by atoms with Crippen molar-refractivity contribution >= 4 is 0 Å². The molecule has 1 aliphatic rings. The summed E-state index contributed by atoms with van der Waals surface area (Å²) in [4.78, 5) is 0.